The van der Waals surface area contributed by atoms with Crippen molar-refractivity contribution < 1.29 is 9.59 Å². The zero-order chi connectivity index (χ0) is 16.8. The van der Waals surface area contributed by atoms with Gasteiger partial charge < -0.3 is 20.4 Å². The number of urea groups is 1. The summed E-state index contributed by atoms with van der Waals surface area (Å²) in [6.45, 7) is 1.85. The molecule has 1 aliphatic heterocycles. The molecule has 1 aromatic rings. The van der Waals surface area contributed by atoms with Gasteiger partial charge in [-0.25, -0.2) is 4.79 Å². The second kappa shape index (κ2) is 8.31. The normalized spacial score (nSPS) is 17.1. The van der Waals surface area contributed by atoms with Crippen LogP contribution in [0.1, 0.15) is 23.8 Å². The number of likely N-dealkylation sites (tertiary alicyclic amines) is 1. The Hall–Kier alpha value is -1.60. The first-order valence-electron chi connectivity index (χ1n) is 7.97. The van der Waals surface area contributed by atoms with Crippen molar-refractivity contribution in [2.75, 3.05) is 40.8 Å². The van der Waals surface area contributed by atoms with Gasteiger partial charge in [0.05, 0.1) is 6.04 Å². The first-order valence-corrected chi connectivity index (χ1v) is 8.85. The topological polar surface area (TPSA) is 64.7 Å². The van der Waals surface area contributed by atoms with Crippen LogP contribution in [-0.2, 0) is 4.79 Å². The Morgan fingerprint density at radius 3 is 2.61 bits per heavy atom. The van der Waals surface area contributed by atoms with Crippen molar-refractivity contribution >= 4 is 23.3 Å². The van der Waals surface area contributed by atoms with Gasteiger partial charge in [-0.05, 0) is 38.4 Å². The molecule has 1 aliphatic rings. The number of amides is 3. The van der Waals surface area contributed by atoms with Crippen LogP contribution < -0.4 is 10.6 Å². The molecule has 0 radical (unpaired) electrons. The highest BCUT2D eigenvalue weighted by molar-refractivity contribution is 7.10. The van der Waals surface area contributed by atoms with E-state index in [4.69, 9.17) is 0 Å². The van der Waals surface area contributed by atoms with Gasteiger partial charge in [-0.1, -0.05) is 6.07 Å². The lowest BCUT2D eigenvalue weighted by Gasteiger charge is -2.32. The molecular weight excluding hydrogens is 312 g/mol. The third-order valence-electron chi connectivity index (χ3n) is 4.34. The second-order valence-electron chi connectivity index (χ2n) is 6.06. The van der Waals surface area contributed by atoms with E-state index >= 15 is 0 Å². The number of piperidine rings is 1. The molecule has 1 atom stereocenters. The highest BCUT2D eigenvalue weighted by Crippen LogP contribution is 2.22. The highest BCUT2D eigenvalue weighted by Gasteiger charge is 2.27. The van der Waals surface area contributed by atoms with Crippen molar-refractivity contribution in [1.29, 1.82) is 0 Å². The summed E-state index contributed by atoms with van der Waals surface area (Å²) in [6.07, 6.45) is 1.46. The monoisotopic (exact) mass is 338 g/mol. The third kappa shape index (κ3) is 4.68. The molecule has 1 unspecified atom stereocenters. The Morgan fingerprint density at radius 1 is 1.39 bits per heavy atom. The predicted molar refractivity (Wildman–Crippen MR) is 92.5 cm³/mol. The fourth-order valence-corrected chi connectivity index (χ4v) is 3.79. The van der Waals surface area contributed by atoms with Crippen LogP contribution in [-0.4, -0.2) is 62.5 Å². The molecule has 1 aromatic heterocycles. The minimum absolute atomic E-state index is 0.0321. The lowest BCUT2D eigenvalue weighted by Crippen LogP contribution is -2.48. The van der Waals surface area contributed by atoms with Crippen LogP contribution in [0, 0.1) is 5.92 Å². The Kier molecular flexibility index (Phi) is 6.41. The van der Waals surface area contributed by atoms with E-state index in [1.54, 1.807) is 23.3 Å². The van der Waals surface area contributed by atoms with Gasteiger partial charge in [-0.15, -0.1) is 11.3 Å². The fraction of sp³-hybridized carbons (Fsp3) is 0.625. The molecule has 1 saturated heterocycles. The number of hydrogen-bond acceptors (Lipinski definition) is 4. The van der Waals surface area contributed by atoms with Gasteiger partial charge in [0.15, 0.2) is 0 Å². The lowest BCUT2D eigenvalue weighted by atomic mass is 9.96. The minimum Gasteiger partial charge on any atom is -0.359 e. The van der Waals surface area contributed by atoms with E-state index in [9.17, 15) is 9.59 Å². The molecule has 6 nitrogen and oxygen atoms in total. The van der Waals surface area contributed by atoms with Crippen molar-refractivity contribution in [1.82, 2.24) is 20.4 Å². The van der Waals surface area contributed by atoms with Gasteiger partial charge in [0.1, 0.15) is 0 Å². The summed E-state index contributed by atoms with van der Waals surface area (Å²) in [7, 11) is 5.70. The Labute approximate surface area is 141 Å². The summed E-state index contributed by atoms with van der Waals surface area (Å²) < 4.78 is 0. The summed E-state index contributed by atoms with van der Waals surface area (Å²) in [5.41, 5.74) is 0. The Morgan fingerprint density at radius 2 is 2.09 bits per heavy atom. The van der Waals surface area contributed by atoms with Crippen LogP contribution in [0.25, 0.3) is 0 Å². The molecule has 3 amide bonds. The molecule has 128 valence electrons. The van der Waals surface area contributed by atoms with Crippen LogP contribution in [0.4, 0.5) is 4.79 Å². The Balaban J connectivity index is 1.82. The first kappa shape index (κ1) is 17.7. The predicted octanol–water partition coefficient (Wildman–Crippen LogP) is 1.52. The van der Waals surface area contributed by atoms with Crippen molar-refractivity contribution in [2.45, 2.75) is 18.9 Å². The van der Waals surface area contributed by atoms with E-state index < -0.39 is 0 Å². The molecular formula is C16H26N4O2S. The van der Waals surface area contributed by atoms with Crippen molar-refractivity contribution in [2.24, 2.45) is 5.92 Å². The average molecular weight is 338 g/mol. The standard InChI is InChI=1S/C16H26N4O2S/c1-17-15(21)12-6-8-20(9-7-12)16(22)18-11-13(19(2)3)14-5-4-10-23-14/h4-5,10,12-13H,6-9,11H2,1-3H3,(H,17,21)(H,18,22). The van der Waals surface area contributed by atoms with Gasteiger partial charge in [-0.2, -0.15) is 0 Å². The van der Waals surface area contributed by atoms with E-state index in [0.717, 1.165) is 12.8 Å². The van der Waals surface area contributed by atoms with E-state index in [1.807, 2.05) is 20.2 Å². The molecule has 0 aliphatic carbocycles. The molecule has 2 rings (SSSR count). The van der Waals surface area contributed by atoms with Gasteiger partial charge in [0.2, 0.25) is 5.91 Å². The van der Waals surface area contributed by atoms with E-state index in [2.05, 4.69) is 27.0 Å². The third-order valence-corrected chi connectivity index (χ3v) is 5.31. The summed E-state index contributed by atoms with van der Waals surface area (Å²) in [5, 5.41) is 7.77. The SMILES string of the molecule is CNC(=O)C1CCN(C(=O)NCC(c2cccs2)N(C)C)CC1. The number of carbonyl (C=O) groups excluding carboxylic acids is 2. The smallest absolute Gasteiger partial charge is 0.317 e. The van der Waals surface area contributed by atoms with Crippen LogP contribution in [0.3, 0.4) is 0 Å². The molecule has 23 heavy (non-hydrogen) atoms. The van der Waals surface area contributed by atoms with Gasteiger partial charge in [-0.3, -0.25) is 4.79 Å². The number of carbonyl (C=O) groups is 2. The van der Waals surface area contributed by atoms with E-state index in [0.29, 0.717) is 19.6 Å². The van der Waals surface area contributed by atoms with Crippen molar-refractivity contribution in [3.63, 3.8) is 0 Å². The minimum atomic E-state index is -0.0382. The second-order valence-corrected chi connectivity index (χ2v) is 7.04. The molecule has 2 N–H and O–H groups in total. The maximum Gasteiger partial charge on any atom is 0.317 e. The summed E-state index contributed by atoms with van der Waals surface area (Å²) in [6, 6.07) is 4.27. The van der Waals surface area contributed by atoms with Crippen LogP contribution in [0.5, 0.6) is 0 Å². The zero-order valence-electron chi connectivity index (χ0n) is 14.0. The molecule has 7 heteroatoms. The average Bonchev–Trinajstić information content (AvgIpc) is 3.08. The van der Waals surface area contributed by atoms with Crippen molar-refractivity contribution in [3.05, 3.63) is 22.4 Å². The highest BCUT2D eigenvalue weighted by atomic mass is 32.1. The fourth-order valence-electron chi connectivity index (χ4n) is 2.86. The van der Waals surface area contributed by atoms with Crippen LogP contribution >= 0.6 is 11.3 Å². The lowest BCUT2D eigenvalue weighted by molar-refractivity contribution is -0.125. The molecule has 1 fully saturated rings. The molecule has 0 saturated carbocycles. The Bertz CT molecular complexity index is 510. The molecule has 0 aromatic carbocycles. The largest absolute Gasteiger partial charge is 0.359 e. The van der Waals surface area contributed by atoms with Gasteiger partial charge in [0.25, 0.3) is 0 Å². The van der Waals surface area contributed by atoms with Crippen LogP contribution in [0.15, 0.2) is 17.5 Å². The number of hydrogen-bond donors (Lipinski definition) is 2. The van der Waals surface area contributed by atoms with E-state index in [1.165, 1.54) is 4.88 Å². The van der Waals surface area contributed by atoms with Gasteiger partial charge in [0, 0.05) is 37.5 Å². The van der Waals surface area contributed by atoms with Crippen LogP contribution in [0.2, 0.25) is 0 Å². The number of thiophene rings is 1. The summed E-state index contributed by atoms with van der Waals surface area (Å²) in [5.74, 6) is 0.111. The first-order chi connectivity index (χ1) is 11.0. The number of rotatable bonds is 5. The molecule has 0 spiro atoms. The number of nitrogens with one attached hydrogen (secondary N) is 2. The zero-order valence-corrected chi connectivity index (χ0v) is 14.9. The maximum atomic E-state index is 12.3. The summed E-state index contributed by atoms with van der Waals surface area (Å²) >= 11 is 1.70. The quantitative estimate of drug-likeness (QED) is 0.855. The molecule has 2 heterocycles. The molecule has 0 bridgehead atoms. The number of likely N-dealkylation sites (N-methyl/N-ethyl adjacent to an activating group) is 1. The number of nitrogens with zero attached hydrogens (tertiary/aromatic N) is 2. The van der Waals surface area contributed by atoms with E-state index in [-0.39, 0.29) is 23.9 Å². The van der Waals surface area contributed by atoms with Crippen molar-refractivity contribution in [3.8, 4) is 0 Å². The maximum absolute atomic E-state index is 12.3. The summed E-state index contributed by atoms with van der Waals surface area (Å²) in [4.78, 5) is 29.1. The van der Waals surface area contributed by atoms with Gasteiger partial charge >= 0.3 is 6.03 Å².